The molecule has 3 N–H and O–H groups in total. The second-order valence-corrected chi connectivity index (χ2v) is 5.62. The maximum absolute atomic E-state index is 13.2. The summed E-state index contributed by atoms with van der Waals surface area (Å²) in [5.41, 5.74) is 3.80. The van der Waals surface area contributed by atoms with E-state index in [-0.39, 0.29) is 11.5 Å². The highest BCUT2D eigenvalue weighted by molar-refractivity contribution is 5.81. The van der Waals surface area contributed by atoms with Gasteiger partial charge in [0.15, 0.2) is 0 Å². The number of H-pyrrole nitrogens is 2. The highest BCUT2D eigenvalue weighted by atomic mass is 19.1. The lowest BCUT2D eigenvalue weighted by molar-refractivity contribution is 0.626. The van der Waals surface area contributed by atoms with Gasteiger partial charge in [-0.25, -0.2) is 19.2 Å². The van der Waals surface area contributed by atoms with Gasteiger partial charge < -0.3 is 15.3 Å². The first-order valence-corrected chi connectivity index (χ1v) is 7.70. The van der Waals surface area contributed by atoms with Crippen LogP contribution in [0.1, 0.15) is 5.56 Å². The van der Waals surface area contributed by atoms with Gasteiger partial charge in [-0.3, -0.25) is 0 Å². The van der Waals surface area contributed by atoms with E-state index in [9.17, 15) is 9.18 Å². The molecule has 0 radical (unpaired) electrons. The first-order chi connectivity index (χ1) is 12.2. The van der Waals surface area contributed by atoms with Crippen LogP contribution in [0.25, 0.3) is 22.2 Å². The molecule has 7 heteroatoms. The summed E-state index contributed by atoms with van der Waals surface area (Å²) in [6.07, 6.45) is 3.40. The average molecular weight is 335 g/mol. The molecule has 25 heavy (non-hydrogen) atoms. The van der Waals surface area contributed by atoms with Gasteiger partial charge in [0.25, 0.3) is 0 Å². The molecule has 0 unspecified atom stereocenters. The zero-order valence-electron chi connectivity index (χ0n) is 13.1. The second-order valence-electron chi connectivity index (χ2n) is 5.62. The molecule has 4 aromatic rings. The number of hydrogen-bond donors (Lipinski definition) is 3. The van der Waals surface area contributed by atoms with Crippen molar-refractivity contribution in [2.24, 2.45) is 0 Å². The predicted molar refractivity (Wildman–Crippen MR) is 93.7 cm³/mol. The third-order valence-electron chi connectivity index (χ3n) is 3.84. The van der Waals surface area contributed by atoms with E-state index >= 15 is 0 Å². The summed E-state index contributed by atoms with van der Waals surface area (Å²) < 4.78 is 13.2. The number of anilines is 1. The summed E-state index contributed by atoms with van der Waals surface area (Å²) in [5.74, 6) is 0.192. The van der Waals surface area contributed by atoms with E-state index in [1.165, 1.54) is 12.1 Å². The third kappa shape index (κ3) is 3.25. The molecule has 0 aliphatic carbocycles. The number of hydrogen-bond acceptors (Lipinski definition) is 4. The third-order valence-corrected chi connectivity index (χ3v) is 3.84. The predicted octanol–water partition coefficient (Wildman–Crippen LogP) is 3.06. The van der Waals surface area contributed by atoms with E-state index in [1.807, 2.05) is 24.3 Å². The van der Waals surface area contributed by atoms with Gasteiger partial charge in [-0.1, -0.05) is 18.2 Å². The monoisotopic (exact) mass is 335 g/mol. The van der Waals surface area contributed by atoms with Crippen LogP contribution in [0.4, 0.5) is 10.3 Å². The highest BCUT2D eigenvalue weighted by Crippen LogP contribution is 2.21. The van der Waals surface area contributed by atoms with Crippen molar-refractivity contribution in [1.29, 1.82) is 0 Å². The standard InChI is InChI=1S/C18H14FN5O/c19-14-3-1-2-11(6-14)8-20-17-21-9-13(10-22-17)12-4-5-15-16(7-12)24-18(25)23-15/h1-7,9-10H,8H2,(H,20,21,22)(H2,23,24,25). The van der Waals surface area contributed by atoms with Crippen LogP contribution in [-0.4, -0.2) is 19.9 Å². The molecule has 0 aliphatic heterocycles. The molecule has 2 heterocycles. The Kier molecular flexibility index (Phi) is 3.74. The van der Waals surface area contributed by atoms with Crippen LogP contribution in [0.3, 0.4) is 0 Å². The molecule has 6 nitrogen and oxygen atoms in total. The summed E-state index contributed by atoms with van der Waals surface area (Å²) in [6.45, 7) is 0.438. The Labute approximate surface area is 141 Å². The van der Waals surface area contributed by atoms with Crippen LogP contribution in [-0.2, 0) is 6.54 Å². The first-order valence-electron chi connectivity index (χ1n) is 7.70. The fourth-order valence-corrected chi connectivity index (χ4v) is 2.61. The molecule has 0 saturated carbocycles. The van der Waals surface area contributed by atoms with E-state index in [2.05, 4.69) is 25.3 Å². The fraction of sp³-hybridized carbons (Fsp3) is 0.0556. The smallest absolute Gasteiger partial charge is 0.323 e. The lowest BCUT2D eigenvalue weighted by Crippen LogP contribution is -2.03. The van der Waals surface area contributed by atoms with Crippen molar-refractivity contribution >= 4 is 17.0 Å². The Bertz CT molecular complexity index is 1080. The first kappa shape index (κ1) is 15.1. The van der Waals surface area contributed by atoms with Gasteiger partial charge >= 0.3 is 5.69 Å². The normalized spacial score (nSPS) is 10.9. The van der Waals surface area contributed by atoms with Crippen LogP contribution in [0.2, 0.25) is 0 Å². The van der Waals surface area contributed by atoms with Gasteiger partial charge in [0, 0.05) is 24.5 Å². The van der Waals surface area contributed by atoms with Gasteiger partial charge in [0.2, 0.25) is 5.95 Å². The summed E-state index contributed by atoms with van der Waals surface area (Å²) in [4.78, 5) is 25.3. The molecule has 0 amide bonds. The SMILES string of the molecule is O=c1[nH]c2ccc(-c3cnc(NCc4cccc(F)c4)nc3)cc2[nH]1. The molecule has 4 rings (SSSR count). The van der Waals surface area contributed by atoms with Crippen molar-refractivity contribution in [1.82, 2.24) is 19.9 Å². The fourth-order valence-electron chi connectivity index (χ4n) is 2.61. The number of aromatic nitrogens is 4. The maximum Gasteiger partial charge on any atom is 0.323 e. The molecule has 0 spiro atoms. The van der Waals surface area contributed by atoms with Crippen LogP contribution in [0.15, 0.2) is 59.7 Å². The summed E-state index contributed by atoms with van der Waals surface area (Å²) in [5, 5.41) is 3.06. The van der Waals surface area contributed by atoms with Crippen LogP contribution >= 0.6 is 0 Å². The van der Waals surface area contributed by atoms with Crippen molar-refractivity contribution in [3.8, 4) is 11.1 Å². The molecule has 0 fully saturated rings. The average Bonchev–Trinajstić information content (AvgIpc) is 2.99. The van der Waals surface area contributed by atoms with E-state index in [1.54, 1.807) is 18.5 Å². The van der Waals surface area contributed by atoms with Gasteiger partial charge in [-0.05, 0) is 35.4 Å². The van der Waals surface area contributed by atoms with E-state index in [4.69, 9.17) is 0 Å². The zero-order valence-corrected chi connectivity index (χ0v) is 13.1. The molecule has 2 aromatic heterocycles. The second kappa shape index (κ2) is 6.20. The van der Waals surface area contributed by atoms with E-state index < -0.39 is 0 Å². The molecular weight excluding hydrogens is 321 g/mol. The van der Waals surface area contributed by atoms with Crippen LogP contribution in [0, 0.1) is 5.82 Å². The van der Waals surface area contributed by atoms with Crippen molar-refractivity contribution in [2.45, 2.75) is 6.54 Å². The Morgan fingerprint density at radius 1 is 0.960 bits per heavy atom. The Balaban J connectivity index is 1.51. The number of rotatable bonds is 4. The summed E-state index contributed by atoms with van der Waals surface area (Å²) in [7, 11) is 0. The van der Waals surface area contributed by atoms with Gasteiger partial charge in [0.1, 0.15) is 5.82 Å². The molecule has 0 bridgehead atoms. The number of imidazole rings is 1. The minimum Gasteiger partial charge on any atom is -0.350 e. The number of halogens is 1. The summed E-state index contributed by atoms with van der Waals surface area (Å²) >= 11 is 0. The van der Waals surface area contributed by atoms with Gasteiger partial charge in [-0.15, -0.1) is 0 Å². The van der Waals surface area contributed by atoms with Crippen molar-refractivity contribution in [3.05, 3.63) is 76.7 Å². The van der Waals surface area contributed by atoms with Crippen molar-refractivity contribution < 1.29 is 4.39 Å². The molecule has 124 valence electrons. The zero-order chi connectivity index (χ0) is 17.2. The lowest BCUT2D eigenvalue weighted by Gasteiger charge is -2.06. The quantitative estimate of drug-likeness (QED) is 0.535. The molecule has 0 saturated heterocycles. The molecule has 2 aromatic carbocycles. The highest BCUT2D eigenvalue weighted by Gasteiger charge is 2.04. The number of nitrogens with one attached hydrogen (secondary N) is 3. The number of aromatic amines is 2. The van der Waals surface area contributed by atoms with Crippen molar-refractivity contribution in [3.63, 3.8) is 0 Å². The van der Waals surface area contributed by atoms with E-state index in [0.717, 1.165) is 27.7 Å². The minimum atomic E-state index is -0.270. The summed E-state index contributed by atoms with van der Waals surface area (Å²) in [6, 6.07) is 12.0. The largest absolute Gasteiger partial charge is 0.350 e. The van der Waals surface area contributed by atoms with Crippen LogP contribution < -0.4 is 11.0 Å². The maximum atomic E-state index is 13.2. The van der Waals surface area contributed by atoms with E-state index in [0.29, 0.717) is 12.5 Å². The van der Waals surface area contributed by atoms with Gasteiger partial charge in [0.05, 0.1) is 11.0 Å². The number of nitrogens with zero attached hydrogens (tertiary/aromatic N) is 2. The number of benzene rings is 2. The Hall–Kier alpha value is -3.48. The number of fused-ring (bicyclic) bond motifs is 1. The van der Waals surface area contributed by atoms with Gasteiger partial charge in [-0.2, -0.15) is 0 Å². The minimum absolute atomic E-state index is 0.236. The Morgan fingerprint density at radius 2 is 1.76 bits per heavy atom. The Morgan fingerprint density at radius 3 is 2.56 bits per heavy atom. The molecule has 0 atom stereocenters. The molecular formula is C18H14FN5O. The molecule has 0 aliphatic rings. The topological polar surface area (TPSA) is 86.5 Å². The van der Waals surface area contributed by atoms with Crippen LogP contribution in [0.5, 0.6) is 0 Å². The van der Waals surface area contributed by atoms with Crippen molar-refractivity contribution in [2.75, 3.05) is 5.32 Å². The lowest BCUT2D eigenvalue weighted by atomic mass is 10.1.